The van der Waals surface area contributed by atoms with Gasteiger partial charge in [0.05, 0.1) is 13.6 Å². The average molecular weight is 337 g/mol. The zero-order chi connectivity index (χ0) is 16.9. The van der Waals surface area contributed by atoms with Crippen molar-refractivity contribution in [3.8, 4) is 0 Å². The quantitative estimate of drug-likeness (QED) is 0.806. The molecule has 0 atom stereocenters. The van der Waals surface area contributed by atoms with E-state index in [0.29, 0.717) is 24.1 Å². The summed E-state index contributed by atoms with van der Waals surface area (Å²) in [5.41, 5.74) is -0.263. The molecule has 0 aliphatic heterocycles. The maximum atomic E-state index is 13.0. The molecule has 0 N–H and O–H groups in total. The van der Waals surface area contributed by atoms with Crippen LogP contribution < -0.4 is 4.90 Å². The van der Waals surface area contributed by atoms with Crippen molar-refractivity contribution in [1.29, 1.82) is 0 Å². The van der Waals surface area contributed by atoms with Crippen LogP contribution in [0.3, 0.4) is 0 Å². The van der Waals surface area contributed by atoms with E-state index in [-0.39, 0.29) is 5.69 Å². The van der Waals surface area contributed by atoms with Crippen LogP contribution in [0, 0.1) is 5.92 Å². The number of nitrogens with zero attached hydrogens (tertiary/aromatic N) is 7. The monoisotopic (exact) mass is 337 g/mol. The van der Waals surface area contributed by atoms with Crippen molar-refractivity contribution in [2.75, 3.05) is 11.4 Å². The highest BCUT2D eigenvalue weighted by Gasteiger charge is 2.21. The highest BCUT2D eigenvalue weighted by atomic mass is 19.3. The Labute approximate surface area is 139 Å². The van der Waals surface area contributed by atoms with Crippen molar-refractivity contribution in [2.24, 2.45) is 13.0 Å². The Balaban J connectivity index is 1.81. The third kappa shape index (κ3) is 4.21. The zero-order valence-corrected chi connectivity index (χ0v) is 13.6. The second-order valence-electron chi connectivity index (χ2n) is 6.18. The van der Waals surface area contributed by atoms with Crippen molar-refractivity contribution in [3.63, 3.8) is 0 Å². The molecule has 1 aliphatic rings. The minimum absolute atomic E-state index is 0.263. The van der Waals surface area contributed by atoms with Gasteiger partial charge in [-0.15, -0.1) is 10.2 Å². The van der Waals surface area contributed by atoms with E-state index in [2.05, 4.69) is 25.4 Å². The fourth-order valence-electron chi connectivity index (χ4n) is 3.13. The molecule has 1 fully saturated rings. The van der Waals surface area contributed by atoms with Crippen LogP contribution in [0.5, 0.6) is 0 Å². The number of hydrogen-bond acceptors (Lipinski definition) is 6. The van der Waals surface area contributed by atoms with Crippen LogP contribution >= 0.6 is 0 Å². The molecule has 0 radical (unpaired) electrons. The molecule has 0 amide bonds. The third-order valence-electron chi connectivity index (χ3n) is 4.31. The number of tetrazole rings is 1. The lowest BCUT2D eigenvalue weighted by Crippen LogP contribution is -2.31. The van der Waals surface area contributed by atoms with Gasteiger partial charge in [-0.3, -0.25) is 0 Å². The van der Waals surface area contributed by atoms with E-state index in [9.17, 15) is 8.78 Å². The van der Waals surface area contributed by atoms with E-state index in [4.69, 9.17) is 0 Å². The molecule has 2 aromatic rings. The van der Waals surface area contributed by atoms with Crippen molar-refractivity contribution < 1.29 is 8.78 Å². The second kappa shape index (κ2) is 7.59. The van der Waals surface area contributed by atoms with Gasteiger partial charge in [0, 0.05) is 12.6 Å². The lowest BCUT2D eigenvalue weighted by Gasteiger charge is -2.29. The molecular weight excluding hydrogens is 316 g/mol. The molecule has 7 nitrogen and oxygen atoms in total. The highest BCUT2D eigenvalue weighted by Crippen LogP contribution is 2.27. The van der Waals surface area contributed by atoms with Gasteiger partial charge >= 0.3 is 0 Å². The van der Waals surface area contributed by atoms with Crippen LogP contribution in [-0.2, 0) is 13.6 Å². The fraction of sp³-hybridized carbons (Fsp3) is 0.667. The van der Waals surface area contributed by atoms with Crippen LogP contribution in [0.2, 0.25) is 0 Å². The van der Waals surface area contributed by atoms with Gasteiger partial charge in [-0.25, -0.2) is 18.7 Å². The predicted molar refractivity (Wildman–Crippen MR) is 83.4 cm³/mol. The predicted octanol–water partition coefficient (Wildman–Crippen LogP) is 2.52. The lowest BCUT2D eigenvalue weighted by molar-refractivity contribution is 0.146. The van der Waals surface area contributed by atoms with Gasteiger partial charge < -0.3 is 4.90 Å². The summed E-state index contributed by atoms with van der Waals surface area (Å²) in [6, 6.07) is 1.35. The minimum atomic E-state index is -2.61. The average Bonchev–Trinajstić information content (AvgIpc) is 3.00. The molecule has 0 bridgehead atoms. The Morgan fingerprint density at radius 2 is 2.04 bits per heavy atom. The first-order valence-electron chi connectivity index (χ1n) is 8.19. The molecule has 1 saturated carbocycles. The summed E-state index contributed by atoms with van der Waals surface area (Å²) in [6.07, 6.45) is 4.58. The Morgan fingerprint density at radius 1 is 1.25 bits per heavy atom. The Kier molecular flexibility index (Phi) is 5.27. The summed E-state index contributed by atoms with van der Waals surface area (Å²) in [5, 5.41) is 12.0. The first-order chi connectivity index (χ1) is 11.6. The third-order valence-corrected chi connectivity index (χ3v) is 4.31. The Bertz CT molecular complexity index is 655. The van der Waals surface area contributed by atoms with Gasteiger partial charge in [-0.2, -0.15) is 4.80 Å². The molecule has 0 aromatic carbocycles. The standard InChI is InChI=1S/C15H21F2N7/c1-23-21-13(20-22-23)9-24(8-11-5-3-2-4-6-11)14-7-12(15(16)17)18-10-19-14/h7,10-11,15H,2-6,8-9H2,1H3. The lowest BCUT2D eigenvalue weighted by atomic mass is 9.89. The molecule has 0 spiro atoms. The number of halogens is 2. The molecule has 130 valence electrons. The molecular formula is C15H21F2N7. The van der Waals surface area contributed by atoms with E-state index in [1.165, 1.54) is 36.5 Å². The van der Waals surface area contributed by atoms with Crippen LogP contribution in [0.25, 0.3) is 0 Å². The van der Waals surface area contributed by atoms with Gasteiger partial charge in [-0.1, -0.05) is 19.3 Å². The summed E-state index contributed by atoms with van der Waals surface area (Å²) >= 11 is 0. The van der Waals surface area contributed by atoms with Crippen molar-refractivity contribution in [3.05, 3.63) is 23.9 Å². The van der Waals surface area contributed by atoms with E-state index in [1.54, 1.807) is 7.05 Å². The topological polar surface area (TPSA) is 72.6 Å². The van der Waals surface area contributed by atoms with Crippen molar-refractivity contribution >= 4 is 5.82 Å². The first-order valence-corrected chi connectivity index (χ1v) is 8.19. The van der Waals surface area contributed by atoms with Gasteiger partial charge in [-0.05, 0) is 24.0 Å². The summed E-state index contributed by atoms with van der Waals surface area (Å²) in [7, 11) is 1.70. The molecule has 0 saturated heterocycles. The number of alkyl halides is 2. The van der Waals surface area contributed by atoms with E-state index < -0.39 is 6.43 Å². The van der Waals surface area contributed by atoms with Crippen molar-refractivity contribution in [1.82, 2.24) is 30.2 Å². The normalized spacial score (nSPS) is 15.8. The fourth-order valence-corrected chi connectivity index (χ4v) is 3.13. The van der Waals surface area contributed by atoms with Gasteiger partial charge in [0.15, 0.2) is 5.82 Å². The molecule has 0 unspecified atom stereocenters. The minimum Gasteiger partial charge on any atom is -0.349 e. The van der Waals surface area contributed by atoms with E-state index in [1.807, 2.05) is 4.90 Å². The number of anilines is 1. The Morgan fingerprint density at radius 3 is 2.71 bits per heavy atom. The summed E-state index contributed by atoms with van der Waals surface area (Å²) in [6.45, 7) is 1.14. The number of rotatable bonds is 6. The summed E-state index contributed by atoms with van der Waals surface area (Å²) in [5.74, 6) is 1.56. The van der Waals surface area contributed by atoms with Gasteiger partial charge in [0.1, 0.15) is 17.8 Å². The molecule has 2 aromatic heterocycles. The van der Waals surface area contributed by atoms with Crippen LogP contribution in [0.4, 0.5) is 14.6 Å². The highest BCUT2D eigenvalue weighted by molar-refractivity contribution is 5.39. The van der Waals surface area contributed by atoms with E-state index in [0.717, 1.165) is 19.4 Å². The molecule has 3 rings (SSSR count). The first kappa shape index (κ1) is 16.7. The SMILES string of the molecule is Cn1nnc(CN(CC2CCCCC2)c2cc(C(F)F)ncn2)n1. The summed E-state index contributed by atoms with van der Waals surface area (Å²) < 4.78 is 25.9. The number of aryl methyl sites for hydroxylation is 1. The number of aromatic nitrogens is 6. The molecule has 1 aliphatic carbocycles. The molecule has 2 heterocycles. The maximum Gasteiger partial charge on any atom is 0.280 e. The molecule has 9 heteroatoms. The summed E-state index contributed by atoms with van der Waals surface area (Å²) in [4.78, 5) is 11.2. The van der Waals surface area contributed by atoms with Gasteiger partial charge in [0.2, 0.25) is 0 Å². The molecule has 24 heavy (non-hydrogen) atoms. The smallest absolute Gasteiger partial charge is 0.280 e. The van der Waals surface area contributed by atoms with Crippen LogP contribution in [0.15, 0.2) is 12.4 Å². The van der Waals surface area contributed by atoms with Crippen LogP contribution in [0.1, 0.15) is 50.0 Å². The number of hydrogen-bond donors (Lipinski definition) is 0. The van der Waals surface area contributed by atoms with Crippen LogP contribution in [-0.4, -0.2) is 36.7 Å². The van der Waals surface area contributed by atoms with Crippen molar-refractivity contribution in [2.45, 2.75) is 45.1 Å². The van der Waals surface area contributed by atoms with E-state index >= 15 is 0 Å². The second-order valence-corrected chi connectivity index (χ2v) is 6.18. The van der Waals surface area contributed by atoms with Gasteiger partial charge in [0.25, 0.3) is 6.43 Å². The zero-order valence-electron chi connectivity index (χ0n) is 13.6. The maximum absolute atomic E-state index is 13.0. The largest absolute Gasteiger partial charge is 0.349 e. The Hall–Kier alpha value is -2.19.